The number of amides is 1. The maximum Gasteiger partial charge on any atom is 0.237 e. The van der Waals surface area contributed by atoms with Gasteiger partial charge in [-0.3, -0.25) is 4.79 Å². The van der Waals surface area contributed by atoms with Crippen molar-refractivity contribution < 1.29 is 14.3 Å². The summed E-state index contributed by atoms with van der Waals surface area (Å²) in [4.78, 5) is 14.6. The average Bonchev–Trinajstić information content (AvgIpc) is 2.97. The molecule has 1 amide bonds. The lowest BCUT2D eigenvalue weighted by molar-refractivity contribution is -0.129. The molecule has 190 valence electrons. The Bertz CT molecular complexity index is 1210. The van der Waals surface area contributed by atoms with Gasteiger partial charge in [-0.25, -0.2) is 0 Å². The summed E-state index contributed by atoms with van der Waals surface area (Å²) in [6.45, 7) is 1.47. The molecule has 4 aromatic carbocycles. The Balaban J connectivity index is 1.48. The van der Waals surface area contributed by atoms with E-state index in [1.165, 1.54) is 11.1 Å². The molecular formula is C32H32ClNO3. The molecule has 4 aromatic rings. The lowest BCUT2D eigenvalue weighted by Crippen LogP contribution is -2.33. The number of alkyl halides is 1. The highest BCUT2D eigenvalue weighted by Gasteiger charge is 2.19. The molecule has 0 fully saturated rings. The number of hydrogen-bond acceptors (Lipinski definition) is 3. The average molecular weight is 514 g/mol. The number of methoxy groups -OCH3 is 1. The van der Waals surface area contributed by atoms with Gasteiger partial charge >= 0.3 is 0 Å². The van der Waals surface area contributed by atoms with Crippen molar-refractivity contribution in [3.8, 4) is 11.5 Å². The topological polar surface area (TPSA) is 38.8 Å². The van der Waals surface area contributed by atoms with Crippen LogP contribution in [0.15, 0.2) is 109 Å². The van der Waals surface area contributed by atoms with Crippen molar-refractivity contribution in [2.24, 2.45) is 0 Å². The third kappa shape index (κ3) is 7.37. The van der Waals surface area contributed by atoms with Crippen LogP contribution >= 0.6 is 11.6 Å². The quantitative estimate of drug-likeness (QED) is 0.190. The van der Waals surface area contributed by atoms with E-state index >= 15 is 0 Å². The molecule has 0 aliphatic carbocycles. The predicted octanol–water partition coefficient (Wildman–Crippen LogP) is 7.06. The fourth-order valence-electron chi connectivity index (χ4n) is 4.44. The first-order chi connectivity index (χ1) is 18.2. The van der Waals surface area contributed by atoms with Crippen molar-refractivity contribution in [2.45, 2.75) is 25.5 Å². The first-order valence-electron chi connectivity index (χ1n) is 12.4. The maximum atomic E-state index is 12.8. The summed E-state index contributed by atoms with van der Waals surface area (Å²) >= 11 is 6.01. The van der Waals surface area contributed by atoms with Crippen molar-refractivity contribution in [1.29, 1.82) is 0 Å². The third-order valence-corrected chi connectivity index (χ3v) is 6.63. The smallest absolute Gasteiger partial charge is 0.237 e. The molecule has 5 heteroatoms. The Hall–Kier alpha value is -3.76. The summed E-state index contributed by atoms with van der Waals surface area (Å²) in [6.07, 6.45) is 0.784. The number of nitrogens with zero attached hydrogens (tertiary/aromatic N) is 1. The van der Waals surface area contributed by atoms with Crippen LogP contribution in [-0.2, 0) is 17.9 Å². The van der Waals surface area contributed by atoms with E-state index in [0.717, 1.165) is 17.5 Å². The van der Waals surface area contributed by atoms with E-state index in [-0.39, 0.29) is 17.7 Å². The van der Waals surface area contributed by atoms with E-state index < -0.39 is 0 Å². The molecule has 0 aliphatic heterocycles. The second-order valence-corrected chi connectivity index (χ2v) is 9.14. The molecule has 0 unspecified atom stereocenters. The Morgan fingerprint density at radius 1 is 0.784 bits per heavy atom. The van der Waals surface area contributed by atoms with E-state index in [0.29, 0.717) is 31.2 Å². The van der Waals surface area contributed by atoms with Crippen LogP contribution in [0.2, 0.25) is 0 Å². The SMILES string of the molecule is COc1cc(CN(CCC(c2ccccc2)c2ccccc2)C(=O)CCl)ccc1OCc1ccccc1. The van der Waals surface area contributed by atoms with Crippen LogP contribution in [0.5, 0.6) is 11.5 Å². The molecule has 0 aromatic heterocycles. The van der Waals surface area contributed by atoms with Gasteiger partial charge in [-0.15, -0.1) is 11.6 Å². The fourth-order valence-corrected chi connectivity index (χ4v) is 4.61. The highest BCUT2D eigenvalue weighted by molar-refractivity contribution is 6.27. The Morgan fingerprint density at radius 3 is 1.95 bits per heavy atom. The summed E-state index contributed by atoms with van der Waals surface area (Å²) < 4.78 is 11.6. The van der Waals surface area contributed by atoms with Gasteiger partial charge in [0.25, 0.3) is 0 Å². The van der Waals surface area contributed by atoms with Gasteiger partial charge in [0.05, 0.1) is 7.11 Å². The van der Waals surface area contributed by atoms with E-state index in [1.54, 1.807) is 7.11 Å². The molecule has 4 nitrogen and oxygen atoms in total. The summed E-state index contributed by atoms with van der Waals surface area (Å²) in [5, 5.41) is 0. The summed E-state index contributed by atoms with van der Waals surface area (Å²) in [5.41, 5.74) is 4.50. The minimum absolute atomic E-state index is 0.0588. The van der Waals surface area contributed by atoms with Crippen LogP contribution in [0, 0.1) is 0 Å². The van der Waals surface area contributed by atoms with Gasteiger partial charge < -0.3 is 14.4 Å². The standard InChI is InChI=1S/C32H32ClNO3/c1-36-31-21-26(17-18-30(31)37-24-25-11-5-2-6-12-25)23-34(32(35)22-33)20-19-29(27-13-7-3-8-14-27)28-15-9-4-10-16-28/h2-18,21,29H,19-20,22-24H2,1H3. The number of carbonyl (C=O) groups is 1. The highest BCUT2D eigenvalue weighted by atomic mass is 35.5. The molecule has 0 saturated heterocycles. The normalized spacial score (nSPS) is 10.8. The number of hydrogen-bond donors (Lipinski definition) is 0. The van der Waals surface area contributed by atoms with Gasteiger partial charge in [0, 0.05) is 19.0 Å². The molecule has 0 heterocycles. The highest BCUT2D eigenvalue weighted by Crippen LogP contribution is 2.31. The first-order valence-corrected chi connectivity index (χ1v) is 13.0. The number of carbonyl (C=O) groups excluding carboxylic acids is 1. The molecule has 37 heavy (non-hydrogen) atoms. The van der Waals surface area contributed by atoms with Crippen molar-refractivity contribution in [3.05, 3.63) is 131 Å². The van der Waals surface area contributed by atoms with E-state index in [9.17, 15) is 4.79 Å². The van der Waals surface area contributed by atoms with Crippen molar-refractivity contribution in [3.63, 3.8) is 0 Å². The fraction of sp³-hybridized carbons (Fsp3) is 0.219. The molecule has 0 saturated carbocycles. The minimum atomic E-state index is -0.0927. The van der Waals surface area contributed by atoms with E-state index in [4.69, 9.17) is 21.1 Å². The lowest BCUT2D eigenvalue weighted by Gasteiger charge is -2.26. The number of rotatable bonds is 12. The largest absolute Gasteiger partial charge is 0.493 e. The molecular weight excluding hydrogens is 482 g/mol. The maximum absolute atomic E-state index is 12.8. The van der Waals surface area contributed by atoms with Crippen LogP contribution in [0.4, 0.5) is 0 Å². The molecule has 4 rings (SSSR count). The third-order valence-electron chi connectivity index (χ3n) is 6.40. The molecule has 0 bridgehead atoms. The van der Waals surface area contributed by atoms with Gasteiger partial charge in [-0.2, -0.15) is 0 Å². The monoisotopic (exact) mass is 513 g/mol. The summed E-state index contributed by atoms with van der Waals surface area (Å²) in [5.74, 6) is 1.33. The van der Waals surface area contributed by atoms with Crippen molar-refractivity contribution >= 4 is 17.5 Å². The van der Waals surface area contributed by atoms with Crippen LogP contribution in [0.25, 0.3) is 0 Å². The van der Waals surface area contributed by atoms with Crippen LogP contribution in [0.3, 0.4) is 0 Å². The Kier molecular flexibility index (Phi) is 9.61. The number of halogens is 1. The Morgan fingerprint density at radius 2 is 1.38 bits per heavy atom. The summed E-state index contributed by atoms with van der Waals surface area (Å²) in [7, 11) is 1.63. The summed E-state index contributed by atoms with van der Waals surface area (Å²) in [6, 6.07) is 36.7. The number of ether oxygens (including phenoxy) is 2. The zero-order valence-electron chi connectivity index (χ0n) is 21.1. The molecule has 0 atom stereocenters. The molecule has 0 aliphatic rings. The Labute approximate surface area is 224 Å². The molecule has 0 spiro atoms. The van der Waals surface area contributed by atoms with E-state index in [2.05, 4.69) is 48.5 Å². The van der Waals surface area contributed by atoms with Gasteiger partial charge in [-0.05, 0) is 40.8 Å². The zero-order valence-corrected chi connectivity index (χ0v) is 21.8. The lowest BCUT2D eigenvalue weighted by atomic mass is 9.88. The van der Waals surface area contributed by atoms with Gasteiger partial charge in [0.1, 0.15) is 12.5 Å². The zero-order chi connectivity index (χ0) is 25.9. The van der Waals surface area contributed by atoms with E-state index in [1.807, 2.05) is 65.6 Å². The second kappa shape index (κ2) is 13.5. The molecule has 0 N–H and O–H groups in total. The van der Waals surface area contributed by atoms with Gasteiger partial charge in [0.2, 0.25) is 5.91 Å². The van der Waals surface area contributed by atoms with Crippen LogP contribution in [-0.4, -0.2) is 30.3 Å². The molecule has 0 radical (unpaired) electrons. The minimum Gasteiger partial charge on any atom is -0.493 e. The van der Waals surface area contributed by atoms with Crippen LogP contribution < -0.4 is 9.47 Å². The first kappa shape index (κ1) is 26.3. The van der Waals surface area contributed by atoms with Gasteiger partial charge in [0.15, 0.2) is 11.5 Å². The van der Waals surface area contributed by atoms with Gasteiger partial charge in [-0.1, -0.05) is 97.1 Å². The van der Waals surface area contributed by atoms with Crippen molar-refractivity contribution in [2.75, 3.05) is 19.5 Å². The second-order valence-electron chi connectivity index (χ2n) is 8.87. The van der Waals surface area contributed by atoms with Crippen molar-refractivity contribution in [1.82, 2.24) is 4.90 Å². The number of benzene rings is 4. The van der Waals surface area contributed by atoms with Crippen LogP contribution in [0.1, 0.15) is 34.6 Å². The predicted molar refractivity (Wildman–Crippen MR) is 149 cm³/mol.